The molecule has 2 aromatic heterocycles. The number of carbonyl (C=O) groups is 2. The van der Waals surface area contributed by atoms with Crippen molar-refractivity contribution in [2.75, 3.05) is 19.0 Å². The van der Waals surface area contributed by atoms with Gasteiger partial charge in [-0.1, -0.05) is 0 Å². The number of amides is 2. The molecule has 0 radical (unpaired) electrons. The number of methoxy groups -OCH3 is 1. The molecule has 0 aliphatic heterocycles. The van der Waals surface area contributed by atoms with Gasteiger partial charge in [-0.15, -0.1) is 0 Å². The summed E-state index contributed by atoms with van der Waals surface area (Å²) in [6.45, 7) is 1.16. The summed E-state index contributed by atoms with van der Waals surface area (Å²) in [7, 11) is 1.29. The molecule has 2 amide bonds. The number of pyridine rings is 2. The molecule has 1 unspecified atom stereocenters. The second-order valence-corrected chi connectivity index (χ2v) is 7.35. The summed E-state index contributed by atoms with van der Waals surface area (Å²) in [4.78, 5) is 32.7. The maximum absolute atomic E-state index is 12.7. The van der Waals surface area contributed by atoms with Crippen molar-refractivity contribution in [3.05, 3.63) is 41.6 Å². The average Bonchev–Trinajstić information content (AvgIpc) is 3.58. The molecule has 0 aromatic carbocycles. The highest BCUT2D eigenvalue weighted by molar-refractivity contribution is 5.96. The zero-order chi connectivity index (χ0) is 23.3. The molecule has 8 nitrogen and oxygen atoms in total. The molecule has 172 valence electrons. The molecule has 0 spiro atoms. The van der Waals surface area contributed by atoms with Crippen LogP contribution < -0.4 is 20.1 Å². The van der Waals surface area contributed by atoms with Crippen LogP contribution in [0.5, 0.6) is 11.8 Å². The van der Waals surface area contributed by atoms with E-state index in [2.05, 4.69) is 20.6 Å². The van der Waals surface area contributed by atoms with Crippen molar-refractivity contribution in [3.63, 3.8) is 0 Å². The van der Waals surface area contributed by atoms with Gasteiger partial charge in [-0.3, -0.25) is 9.59 Å². The van der Waals surface area contributed by atoms with E-state index in [0.29, 0.717) is 5.82 Å². The molecule has 3 rings (SSSR count). The van der Waals surface area contributed by atoms with Gasteiger partial charge in [-0.2, -0.15) is 18.2 Å². The van der Waals surface area contributed by atoms with Crippen LogP contribution in [-0.2, 0) is 4.79 Å². The summed E-state index contributed by atoms with van der Waals surface area (Å²) in [5.74, 6) is -0.283. The lowest BCUT2D eigenvalue weighted by molar-refractivity contribution is -0.139. The van der Waals surface area contributed by atoms with Crippen LogP contribution in [-0.4, -0.2) is 41.7 Å². The number of anilines is 1. The first kappa shape index (κ1) is 23.3. The van der Waals surface area contributed by atoms with Crippen molar-refractivity contribution in [1.82, 2.24) is 15.3 Å². The smallest absolute Gasteiger partial charge is 0.392 e. The number of rotatable bonds is 9. The molecule has 11 heteroatoms. The van der Waals surface area contributed by atoms with Crippen LogP contribution in [0.4, 0.5) is 19.0 Å². The highest BCUT2D eigenvalue weighted by Gasteiger charge is 2.30. The Bertz CT molecular complexity index is 980. The second kappa shape index (κ2) is 9.84. The van der Waals surface area contributed by atoms with Gasteiger partial charge in [0.2, 0.25) is 17.7 Å². The minimum absolute atomic E-state index is 0.0398. The van der Waals surface area contributed by atoms with E-state index in [4.69, 9.17) is 9.47 Å². The SMILES string of the molecule is COc1nc(OCCC(F)(F)F)ccc1C(=O)NC(C)c1ccnc(NC(=O)C2CC2)c1. The summed E-state index contributed by atoms with van der Waals surface area (Å²) in [6, 6.07) is 5.62. The largest absolute Gasteiger partial charge is 0.480 e. The van der Waals surface area contributed by atoms with Crippen molar-refractivity contribution in [3.8, 4) is 11.8 Å². The molecule has 2 N–H and O–H groups in total. The van der Waals surface area contributed by atoms with Crippen molar-refractivity contribution in [2.45, 2.75) is 38.4 Å². The summed E-state index contributed by atoms with van der Waals surface area (Å²) in [6.07, 6.45) is -2.17. The number of ether oxygens (including phenoxy) is 2. The topological polar surface area (TPSA) is 102 Å². The lowest BCUT2D eigenvalue weighted by atomic mass is 10.1. The zero-order valence-electron chi connectivity index (χ0n) is 17.5. The fourth-order valence-electron chi connectivity index (χ4n) is 2.82. The van der Waals surface area contributed by atoms with Crippen molar-refractivity contribution in [2.24, 2.45) is 5.92 Å². The monoisotopic (exact) mass is 452 g/mol. The fourth-order valence-corrected chi connectivity index (χ4v) is 2.82. The lowest BCUT2D eigenvalue weighted by Crippen LogP contribution is -2.27. The number of carbonyl (C=O) groups excluding carboxylic acids is 2. The van der Waals surface area contributed by atoms with Gasteiger partial charge in [-0.25, -0.2) is 4.98 Å². The number of alkyl halides is 3. The predicted molar refractivity (Wildman–Crippen MR) is 108 cm³/mol. The Kier molecular flexibility index (Phi) is 7.16. The van der Waals surface area contributed by atoms with E-state index in [0.717, 1.165) is 18.4 Å². The molecule has 2 heterocycles. The minimum Gasteiger partial charge on any atom is -0.480 e. The molecule has 1 atom stereocenters. The van der Waals surface area contributed by atoms with Crippen LogP contribution in [0.25, 0.3) is 0 Å². The van der Waals surface area contributed by atoms with Gasteiger partial charge in [0, 0.05) is 18.2 Å². The number of nitrogens with zero attached hydrogens (tertiary/aromatic N) is 2. The van der Waals surface area contributed by atoms with Gasteiger partial charge < -0.3 is 20.1 Å². The molecule has 1 saturated carbocycles. The number of aromatic nitrogens is 2. The molecule has 1 fully saturated rings. The summed E-state index contributed by atoms with van der Waals surface area (Å²) < 4.78 is 46.9. The third-order valence-corrected chi connectivity index (χ3v) is 4.74. The Labute approximate surface area is 182 Å². The third-order valence-electron chi connectivity index (χ3n) is 4.74. The van der Waals surface area contributed by atoms with E-state index >= 15 is 0 Å². The predicted octanol–water partition coefficient (Wildman–Crippen LogP) is 3.66. The molecular weight excluding hydrogens is 429 g/mol. The van der Waals surface area contributed by atoms with Crippen LogP contribution in [0.3, 0.4) is 0 Å². The first-order valence-corrected chi connectivity index (χ1v) is 9.98. The highest BCUT2D eigenvalue weighted by atomic mass is 19.4. The molecule has 0 bridgehead atoms. The van der Waals surface area contributed by atoms with E-state index in [1.165, 1.54) is 25.4 Å². The summed E-state index contributed by atoms with van der Waals surface area (Å²) >= 11 is 0. The Balaban J connectivity index is 1.63. The minimum atomic E-state index is -4.34. The van der Waals surface area contributed by atoms with E-state index in [1.807, 2.05) is 0 Å². The molecule has 1 aliphatic rings. The van der Waals surface area contributed by atoms with Gasteiger partial charge in [0.1, 0.15) is 11.4 Å². The average molecular weight is 452 g/mol. The third kappa shape index (κ3) is 6.56. The van der Waals surface area contributed by atoms with E-state index in [1.54, 1.807) is 19.1 Å². The molecule has 32 heavy (non-hydrogen) atoms. The van der Waals surface area contributed by atoms with E-state index < -0.39 is 31.2 Å². The normalized spacial score (nSPS) is 14.4. The van der Waals surface area contributed by atoms with E-state index in [9.17, 15) is 22.8 Å². The fraction of sp³-hybridized carbons (Fsp3) is 0.429. The van der Waals surface area contributed by atoms with Crippen LogP contribution in [0, 0.1) is 5.92 Å². The van der Waals surface area contributed by atoms with Crippen molar-refractivity contribution < 1.29 is 32.2 Å². The maximum Gasteiger partial charge on any atom is 0.392 e. The van der Waals surface area contributed by atoms with Gasteiger partial charge in [-0.05, 0) is 43.5 Å². The quantitative estimate of drug-likeness (QED) is 0.602. The van der Waals surface area contributed by atoms with Crippen molar-refractivity contribution >= 4 is 17.6 Å². The zero-order valence-corrected chi connectivity index (χ0v) is 17.5. The molecular formula is C21H23F3N4O4. The lowest BCUT2D eigenvalue weighted by Gasteiger charge is -2.16. The molecule has 1 aliphatic carbocycles. The van der Waals surface area contributed by atoms with Crippen LogP contribution in [0.1, 0.15) is 48.1 Å². The van der Waals surface area contributed by atoms with Crippen molar-refractivity contribution in [1.29, 1.82) is 0 Å². The number of nitrogens with one attached hydrogen (secondary N) is 2. The highest BCUT2D eigenvalue weighted by Crippen LogP contribution is 2.30. The standard InChI is InChI=1S/C21H23F3N4O4/c1-12(14-7-9-25-16(11-14)27-18(29)13-3-4-13)26-19(30)15-5-6-17(28-20(15)31-2)32-10-8-21(22,23)24/h5-7,9,11-13H,3-4,8,10H2,1-2H3,(H,26,30)(H,25,27,29). The second-order valence-electron chi connectivity index (χ2n) is 7.35. The Morgan fingerprint density at radius 2 is 2.00 bits per heavy atom. The Morgan fingerprint density at radius 3 is 2.66 bits per heavy atom. The van der Waals surface area contributed by atoms with E-state index in [-0.39, 0.29) is 29.1 Å². The maximum atomic E-state index is 12.7. The first-order valence-electron chi connectivity index (χ1n) is 9.98. The molecule has 0 saturated heterocycles. The Hall–Kier alpha value is -3.37. The number of halogens is 3. The van der Waals surface area contributed by atoms with Gasteiger partial charge in [0.15, 0.2) is 0 Å². The van der Waals surface area contributed by atoms with Crippen LogP contribution in [0.2, 0.25) is 0 Å². The van der Waals surface area contributed by atoms with Crippen LogP contribution in [0.15, 0.2) is 30.5 Å². The van der Waals surface area contributed by atoms with Crippen LogP contribution >= 0.6 is 0 Å². The van der Waals surface area contributed by atoms with Gasteiger partial charge >= 0.3 is 6.18 Å². The van der Waals surface area contributed by atoms with Gasteiger partial charge in [0.05, 0.1) is 26.2 Å². The molecule has 2 aromatic rings. The van der Waals surface area contributed by atoms with Gasteiger partial charge in [0.25, 0.3) is 5.91 Å². The number of hydrogen-bond donors (Lipinski definition) is 2. The first-order chi connectivity index (χ1) is 15.2. The Morgan fingerprint density at radius 1 is 1.25 bits per heavy atom. The summed E-state index contributed by atoms with van der Waals surface area (Å²) in [5, 5.41) is 5.55. The number of hydrogen-bond acceptors (Lipinski definition) is 6. The summed E-state index contributed by atoms with van der Waals surface area (Å²) in [5.41, 5.74) is 0.817.